The maximum atomic E-state index is 13.8. The summed E-state index contributed by atoms with van der Waals surface area (Å²) in [7, 11) is 1.81. The first-order valence-electron chi connectivity index (χ1n) is 9.24. The Kier molecular flexibility index (Phi) is 8.35. The van der Waals surface area contributed by atoms with Crippen LogP contribution in [-0.4, -0.2) is 59.3 Å². The van der Waals surface area contributed by atoms with Gasteiger partial charge in [0.1, 0.15) is 18.2 Å². The third-order valence-corrected chi connectivity index (χ3v) is 4.52. The third kappa shape index (κ3) is 5.87. The van der Waals surface area contributed by atoms with Gasteiger partial charge in [0.25, 0.3) is 0 Å². The zero-order valence-corrected chi connectivity index (χ0v) is 18.8. The minimum atomic E-state index is -0.594. The van der Waals surface area contributed by atoms with Gasteiger partial charge in [0.2, 0.25) is 5.91 Å². The molecule has 3 rings (SSSR count). The smallest absolute Gasteiger partial charge is 0.246 e. The van der Waals surface area contributed by atoms with Crippen LogP contribution in [0.4, 0.5) is 14.5 Å². The highest BCUT2D eigenvalue weighted by Gasteiger charge is 2.27. The Morgan fingerprint density at radius 1 is 1.31 bits per heavy atom. The quantitative estimate of drug-likeness (QED) is 0.375. The Morgan fingerprint density at radius 3 is 2.72 bits per heavy atom. The van der Waals surface area contributed by atoms with E-state index >= 15 is 0 Å². The van der Waals surface area contributed by atoms with Gasteiger partial charge < -0.3 is 15.1 Å². The van der Waals surface area contributed by atoms with Gasteiger partial charge in [-0.1, -0.05) is 6.07 Å². The normalized spacial score (nSPS) is 14.8. The van der Waals surface area contributed by atoms with E-state index in [1.807, 2.05) is 25.1 Å². The van der Waals surface area contributed by atoms with Gasteiger partial charge in [0.05, 0.1) is 11.9 Å². The van der Waals surface area contributed by atoms with Crippen LogP contribution in [0.15, 0.2) is 35.6 Å². The van der Waals surface area contributed by atoms with Crippen LogP contribution >= 0.6 is 24.0 Å². The number of piperazine rings is 1. The fraction of sp³-hybridized carbons (Fsp3) is 0.421. The number of carbonyl (C=O) groups excluding carboxylic acids is 1. The van der Waals surface area contributed by atoms with Crippen LogP contribution in [-0.2, 0) is 18.3 Å². The first-order chi connectivity index (χ1) is 13.5. The average Bonchev–Trinajstić information content (AvgIpc) is 3.08. The van der Waals surface area contributed by atoms with Crippen LogP contribution in [0.3, 0.4) is 0 Å². The van der Waals surface area contributed by atoms with Crippen molar-refractivity contribution in [3.05, 3.63) is 47.8 Å². The number of aromatic nitrogens is 2. The summed E-state index contributed by atoms with van der Waals surface area (Å²) in [6.45, 7) is 4.29. The molecule has 0 unspecified atom stereocenters. The van der Waals surface area contributed by atoms with E-state index in [1.165, 1.54) is 12.1 Å². The van der Waals surface area contributed by atoms with E-state index in [9.17, 15) is 13.6 Å². The molecule has 0 aliphatic carbocycles. The zero-order valence-electron chi connectivity index (χ0n) is 16.4. The number of guanidine groups is 1. The number of hydrogen-bond donors (Lipinski definition) is 1. The minimum absolute atomic E-state index is 0. The standard InChI is InChI=1S/C19H24F2N6O.HI/c1-3-22-19(23-7-6-14-4-5-15(20)10-17(14)21)26-8-9-27(18(28)13-26)16-11-24-25(2)12-16;/h4-5,10-12H,3,6-9,13H2,1-2H3,(H,22,23);1H. The number of halogens is 3. The molecule has 1 aliphatic rings. The highest BCUT2D eigenvalue weighted by atomic mass is 127. The van der Waals surface area contributed by atoms with Crippen LogP contribution < -0.4 is 10.2 Å². The van der Waals surface area contributed by atoms with E-state index < -0.39 is 11.6 Å². The number of anilines is 1. The number of hydrogen-bond acceptors (Lipinski definition) is 3. The van der Waals surface area contributed by atoms with Gasteiger partial charge in [0.15, 0.2) is 5.96 Å². The molecule has 2 heterocycles. The number of aliphatic imine (C=N–C) groups is 1. The van der Waals surface area contributed by atoms with Crippen molar-refractivity contribution in [1.82, 2.24) is 20.0 Å². The van der Waals surface area contributed by atoms with Crippen LogP contribution in [0, 0.1) is 11.6 Å². The summed E-state index contributed by atoms with van der Waals surface area (Å²) in [6.07, 6.45) is 3.83. The van der Waals surface area contributed by atoms with Crippen LogP contribution in [0.2, 0.25) is 0 Å². The molecule has 10 heteroatoms. The van der Waals surface area contributed by atoms with E-state index in [0.717, 1.165) is 11.8 Å². The lowest BCUT2D eigenvalue weighted by molar-refractivity contribution is -0.120. The van der Waals surface area contributed by atoms with Gasteiger partial charge >= 0.3 is 0 Å². The van der Waals surface area contributed by atoms with E-state index in [-0.39, 0.29) is 36.4 Å². The number of aryl methyl sites for hydroxylation is 1. The van der Waals surface area contributed by atoms with Crippen molar-refractivity contribution in [3.63, 3.8) is 0 Å². The Bertz CT molecular complexity index is 872. The summed E-state index contributed by atoms with van der Waals surface area (Å²) in [5, 5.41) is 7.29. The number of rotatable bonds is 5. The summed E-state index contributed by atoms with van der Waals surface area (Å²) in [6, 6.07) is 3.55. The first-order valence-corrected chi connectivity index (χ1v) is 9.24. The lowest BCUT2D eigenvalue weighted by Crippen LogP contribution is -2.55. The molecule has 1 amide bonds. The molecular weight excluding hydrogens is 493 g/mol. The summed E-state index contributed by atoms with van der Waals surface area (Å²) in [5.41, 5.74) is 1.19. The van der Waals surface area contributed by atoms with Crippen molar-refractivity contribution in [1.29, 1.82) is 0 Å². The zero-order chi connectivity index (χ0) is 20.1. The molecule has 1 aromatic carbocycles. The first kappa shape index (κ1) is 23.0. The van der Waals surface area contributed by atoms with Gasteiger partial charge in [-0.2, -0.15) is 5.10 Å². The van der Waals surface area contributed by atoms with Crippen molar-refractivity contribution in [2.75, 3.05) is 37.6 Å². The van der Waals surface area contributed by atoms with Crippen molar-refractivity contribution < 1.29 is 13.6 Å². The fourth-order valence-electron chi connectivity index (χ4n) is 3.11. The molecule has 1 N–H and O–H groups in total. The van der Waals surface area contributed by atoms with Gasteiger partial charge in [-0.25, -0.2) is 8.78 Å². The number of benzene rings is 1. The Morgan fingerprint density at radius 2 is 2.10 bits per heavy atom. The second-order valence-electron chi connectivity index (χ2n) is 6.56. The van der Waals surface area contributed by atoms with Gasteiger partial charge in [0, 0.05) is 45.5 Å². The monoisotopic (exact) mass is 518 g/mol. The lowest BCUT2D eigenvalue weighted by atomic mass is 10.1. The Labute approximate surface area is 185 Å². The average molecular weight is 518 g/mol. The lowest BCUT2D eigenvalue weighted by Gasteiger charge is -2.35. The summed E-state index contributed by atoms with van der Waals surface area (Å²) < 4.78 is 28.4. The van der Waals surface area contributed by atoms with E-state index in [4.69, 9.17) is 0 Å². The molecule has 0 radical (unpaired) electrons. The van der Waals surface area contributed by atoms with E-state index in [1.54, 1.807) is 15.8 Å². The molecular formula is C19H25F2IN6O. The van der Waals surface area contributed by atoms with Gasteiger partial charge in [-0.3, -0.25) is 14.5 Å². The van der Waals surface area contributed by atoms with Crippen molar-refractivity contribution in [3.8, 4) is 0 Å². The third-order valence-electron chi connectivity index (χ3n) is 4.52. The predicted molar refractivity (Wildman–Crippen MR) is 119 cm³/mol. The maximum absolute atomic E-state index is 13.8. The van der Waals surface area contributed by atoms with Crippen molar-refractivity contribution in [2.45, 2.75) is 13.3 Å². The summed E-state index contributed by atoms with van der Waals surface area (Å²) in [4.78, 5) is 20.7. The molecule has 1 fully saturated rings. The van der Waals surface area contributed by atoms with Crippen LogP contribution in [0.25, 0.3) is 0 Å². The van der Waals surface area contributed by atoms with E-state index in [0.29, 0.717) is 44.1 Å². The predicted octanol–water partition coefficient (Wildman–Crippen LogP) is 2.17. The Hall–Kier alpha value is -2.24. The minimum Gasteiger partial charge on any atom is -0.357 e. The maximum Gasteiger partial charge on any atom is 0.246 e. The molecule has 0 spiro atoms. The fourth-order valence-corrected chi connectivity index (χ4v) is 3.11. The van der Waals surface area contributed by atoms with Crippen LogP contribution in [0.5, 0.6) is 0 Å². The number of carbonyl (C=O) groups is 1. The highest BCUT2D eigenvalue weighted by molar-refractivity contribution is 14.0. The second-order valence-corrected chi connectivity index (χ2v) is 6.56. The number of nitrogens with one attached hydrogen (secondary N) is 1. The molecule has 1 aromatic heterocycles. The molecule has 158 valence electrons. The molecule has 0 saturated carbocycles. The van der Waals surface area contributed by atoms with Crippen molar-refractivity contribution in [2.24, 2.45) is 12.0 Å². The van der Waals surface area contributed by atoms with E-state index in [2.05, 4.69) is 15.4 Å². The number of nitrogens with zero attached hydrogens (tertiary/aromatic N) is 5. The van der Waals surface area contributed by atoms with Gasteiger partial charge in [-0.15, -0.1) is 24.0 Å². The molecule has 0 atom stereocenters. The SMILES string of the molecule is CCNC(=NCCc1ccc(F)cc1F)N1CCN(c2cnn(C)c2)C(=O)C1.I. The molecule has 0 bridgehead atoms. The summed E-state index contributed by atoms with van der Waals surface area (Å²) >= 11 is 0. The van der Waals surface area contributed by atoms with Gasteiger partial charge in [-0.05, 0) is 25.0 Å². The molecule has 2 aromatic rings. The Balaban J connectivity index is 0.00000300. The molecule has 1 saturated heterocycles. The van der Waals surface area contributed by atoms with Crippen molar-refractivity contribution >= 4 is 41.5 Å². The summed E-state index contributed by atoms with van der Waals surface area (Å²) in [5.74, 6) is -0.581. The molecule has 7 nitrogen and oxygen atoms in total. The number of amides is 1. The largest absolute Gasteiger partial charge is 0.357 e. The molecule has 29 heavy (non-hydrogen) atoms. The van der Waals surface area contributed by atoms with Crippen LogP contribution in [0.1, 0.15) is 12.5 Å². The second kappa shape index (κ2) is 10.5. The molecule has 1 aliphatic heterocycles. The highest BCUT2D eigenvalue weighted by Crippen LogP contribution is 2.16. The topological polar surface area (TPSA) is 65.8 Å².